The molecule has 0 saturated heterocycles. The van der Waals surface area contributed by atoms with E-state index in [0.29, 0.717) is 18.2 Å². The van der Waals surface area contributed by atoms with Crippen molar-refractivity contribution in [3.63, 3.8) is 0 Å². The van der Waals surface area contributed by atoms with Crippen LogP contribution >= 0.6 is 11.6 Å². The van der Waals surface area contributed by atoms with Crippen LogP contribution in [0.5, 0.6) is 5.75 Å². The number of ether oxygens (including phenoxy) is 1. The summed E-state index contributed by atoms with van der Waals surface area (Å²) in [7, 11) is 0. The predicted octanol–water partition coefficient (Wildman–Crippen LogP) is 3.62. The number of nitrogens with zero attached hydrogens (tertiary/aromatic N) is 1. The minimum absolute atomic E-state index is 0.340. The first-order valence-corrected chi connectivity index (χ1v) is 7.92. The fourth-order valence-corrected chi connectivity index (χ4v) is 2.57. The normalized spacial score (nSPS) is 11.8. The molecule has 0 aliphatic rings. The zero-order valence-electron chi connectivity index (χ0n) is 13.3. The summed E-state index contributed by atoms with van der Waals surface area (Å²) in [5, 5.41) is 0.695. The van der Waals surface area contributed by atoms with Gasteiger partial charge in [0, 0.05) is 17.3 Å². The van der Waals surface area contributed by atoms with Crippen LogP contribution in [0.25, 0.3) is 0 Å². The van der Waals surface area contributed by atoms with Gasteiger partial charge in [0.25, 0.3) is 0 Å². The van der Waals surface area contributed by atoms with Crippen LogP contribution in [-0.2, 0) is 11.4 Å². The summed E-state index contributed by atoms with van der Waals surface area (Å²) >= 11 is 5.95. The molecule has 0 saturated carbocycles. The molecule has 4 nitrogen and oxygen atoms in total. The van der Waals surface area contributed by atoms with E-state index in [4.69, 9.17) is 22.1 Å². The van der Waals surface area contributed by atoms with E-state index in [1.807, 2.05) is 60.4 Å². The average Bonchev–Trinajstić information content (AvgIpc) is 2.54. The largest absolute Gasteiger partial charge is 0.489 e. The molecule has 2 rings (SSSR count). The van der Waals surface area contributed by atoms with Gasteiger partial charge in [-0.15, -0.1) is 0 Å². The molecule has 0 heterocycles. The maximum atomic E-state index is 11.4. The van der Waals surface area contributed by atoms with Gasteiger partial charge in [-0.3, -0.25) is 4.79 Å². The van der Waals surface area contributed by atoms with Crippen molar-refractivity contribution < 1.29 is 9.53 Å². The van der Waals surface area contributed by atoms with Crippen molar-refractivity contribution in [2.45, 2.75) is 26.5 Å². The van der Waals surface area contributed by atoms with E-state index < -0.39 is 0 Å². The van der Waals surface area contributed by atoms with Gasteiger partial charge in [0.15, 0.2) is 0 Å². The molecule has 1 unspecified atom stereocenters. The first kappa shape index (κ1) is 17.2. The zero-order chi connectivity index (χ0) is 16.8. The fourth-order valence-electron chi connectivity index (χ4n) is 2.36. The van der Waals surface area contributed by atoms with Crippen LogP contribution in [-0.4, -0.2) is 18.5 Å². The molecule has 2 aromatic carbocycles. The predicted molar refractivity (Wildman–Crippen MR) is 93.9 cm³/mol. The number of hydrogen-bond donors (Lipinski definition) is 1. The van der Waals surface area contributed by atoms with E-state index in [0.717, 1.165) is 17.0 Å². The average molecular weight is 333 g/mol. The van der Waals surface area contributed by atoms with Crippen LogP contribution in [0.2, 0.25) is 5.02 Å². The van der Waals surface area contributed by atoms with Crippen LogP contribution in [0.15, 0.2) is 48.5 Å². The Kier molecular flexibility index (Phi) is 5.88. The number of primary amides is 1. The molecule has 122 valence electrons. The van der Waals surface area contributed by atoms with Gasteiger partial charge in [0.2, 0.25) is 5.91 Å². The molecule has 0 bridgehead atoms. The highest BCUT2D eigenvalue weighted by Gasteiger charge is 2.17. The third kappa shape index (κ3) is 4.63. The summed E-state index contributed by atoms with van der Waals surface area (Å²) in [5.41, 5.74) is 7.34. The Labute approximate surface area is 141 Å². The molecular weight excluding hydrogens is 312 g/mol. The van der Waals surface area contributed by atoms with Gasteiger partial charge in [0.05, 0.1) is 0 Å². The van der Waals surface area contributed by atoms with Crippen LogP contribution < -0.4 is 15.4 Å². The second kappa shape index (κ2) is 7.88. The van der Waals surface area contributed by atoms with Crippen molar-refractivity contribution in [3.8, 4) is 5.75 Å². The number of rotatable bonds is 7. The monoisotopic (exact) mass is 332 g/mol. The highest BCUT2D eigenvalue weighted by atomic mass is 35.5. The number of nitrogens with two attached hydrogens (primary N) is 1. The standard InChI is InChI=1S/C18H21ClN2O2/c1-3-21(13(2)18(20)22)16-7-9-17(10-8-16)23-12-14-5-4-6-15(19)11-14/h4-11,13H,3,12H2,1-2H3,(H2,20,22). The zero-order valence-corrected chi connectivity index (χ0v) is 14.1. The fraction of sp³-hybridized carbons (Fsp3) is 0.278. The van der Waals surface area contributed by atoms with Crippen LogP contribution in [0.1, 0.15) is 19.4 Å². The van der Waals surface area contributed by atoms with E-state index in [-0.39, 0.29) is 11.9 Å². The van der Waals surface area contributed by atoms with Crippen LogP contribution in [0, 0.1) is 0 Å². The summed E-state index contributed by atoms with van der Waals surface area (Å²) in [6.45, 7) is 4.94. The van der Waals surface area contributed by atoms with E-state index in [9.17, 15) is 4.79 Å². The van der Waals surface area contributed by atoms with E-state index in [1.54, 1.807) is 6.92 Å². The quantitative estimate of drug-likeness (QED) is 0.842. The minimum Gasteiger partial charge on any atom is -0.489 e. The Morgan fingerprint density at radius 1 is 1.26 bits per heavy atom. The Morgan fingerprint density at radius 3 is 2.52 bits per heavy atom. The first-order valence-electron chi connectivity index (χ1n) is 7.54. The Balaban J connectivity index is 2.02. The Hall–Kier alpha value is -2.20. The number of benzene rings is 2. The Bertz CT molecular complexity index is 658. The lowest BCUT2D eigenvalue weighted by molar-refractivity contribution is -0.118. The van der Waals surface area contributed by atoms with Crippen molar-refractivity contribution in [1.82, 2.24) is 0 Å². The molecule has 5 heteroatoms. The number of carbonyl (C=O) groups is 1. The minimum atomic E-state index is -0.349. The smallest absolute Gasteiger partial charge is 0.239 e. The topological polar surface area (TPSA) is 55.6 Å². The summed E-state index contributed by atoms with van der Waals surface area (Å²) < 4.78 is 5.75. The summed E-state index contributed by atoms with van der Waals surface area (Å²) in [5.74, 6) is 0.421. The molecule has 0 aliphatic carbocycles. The van der Waals surface area contributed by atoms with Crippen molar-refractivity contribution >= 4 is 23.2 Å². The summed E-state index contributed by atoms with van der Waals surface area (Å²) in [4.78, 5) is 13.3. The van der Waals surface area contributed by atoms with E-state index >= 15 is 0 Å². The third-order valence-electron chi connectivity index (χ3n) is 3.68. The summed E-state index contributed by atoms with van der Waals surface area (Å²) in [6, 6.07) is 14.8. The van der Waals surface area contributed by atoms with Crippen LogP contribution in [0.4, 0.5) is 5.69 Å². The second-order valence-corrected chi connectivity index (χ2v) is 5.71. The Morgan fingerprint density at radius 2 is 1.96 bits per heavy atom. The van der Waals surface area contributed by atoms with Gasteiger partial charge < -0.3 is 15.4 Å². The number of anilines is 1. The van der Waals surface area contributed by atoms with Gasteiger partial charge in [0.1, 0.15) is 18.4 Å². The van der Waals surface area contributed by atoms with Crippen molar-refractivity contribution in [1.29, 1.82) is 0 Å². The molecule has 0 spiro atoms. The van der Waals surface area contributed by atoms with E-state index in [2.05, 4.69) is 0 Å². The van der Waals surface area contributed by atoms with Gasteiger partial charge in [-0.05, 0) is 55.8 Å². The molecule has 2 aromatic rings. The van der Waals surface area contributed by atoms with Crippen molar-refractivity contribution in [3.05, 3.63) is 59.1 Å². The number of hydrogen-bond acceptors (Lipinski definition) is 3. The summed E-state index contributed by atoms with van der Waals surface area (Å²) in [6.07, 6.45) is 0. The molecular formula is C18H21ClN2O2. The molecule has 1 amide bonds. The maximum absolute atomic E-state index is 11.4. The van der Waals surface area contributed by atoms with Gasteiger partial charge in [-0.1, -0.05) is 23.7 Å². The van der Waals surface area contributed by atoms with E-state index in [1.165, 1.54) is 0 Å². The lowest BCUT2D eigenvalue weighted by Crippen LogP contribution is -2.42. The number of halogens is 1. The molecule has 1 atom stereocenters. The highest BCUT2D eigenvalue weighted by Crippen LogP contribution is 2.22. The second-order valence-electron chi connectivity index (χ2n) is 5.28. The van der Waals surface area contributed by atoms with Gasteiger partial charge in [-0.25, -0.2) is 0 Å². The van der Waals surface area contributed by atoms with Gasteiger partial charge >= 0.3 is 0 Å². The SMILES string of the molecule is CCN(c1ccc(OCc2cccc(Cl)c2)cc1)C(C)C(N)=O. The van der Waals surface area contributed by atoms with Crippen molar-refractivity contribution in [2.75, 3.05) is 11.4 Å². The lowest BCUT2D eigenvalue weighted by Gasteiger charge is -2.28. The molecule has 2 N–H and O–H groups in total. The molecule has 0 aromatic heterocycles. The highest BCUT2D eigenvalue weighted by molar-refractivity contribution is 6.30. The number of likely N-dealkylation sites (N-methyl/N-ethyl adjacent to an activating group) is 1. The number of amides is 1. The third-order valence-corrected chi connectivity index (χ3v) is 3.92. The molecule has 0 fully saturated rings. The molecule has 0 aliphatic heterocycles. The van der Waals surface area contributed by atoms with Gasteiger partial charge in [-0.2, -0.15) is 0 Å². The number of carbonyl (C=O) groups excluding carboxylic acids is 1. The molecule has 23 heavy (non-hydrogen) atoms. The van der Waals surface area contributed by atoms with Crippen LogP contribution in [0.3, 0.4) is 0 Å². The first-order chi connectivity index (χ1) is 11.0. The van der Waals surface area contributed by atoms with Crippen molar-refractivity contribution in [2.24, 2.45) is 5.73 Å². The molecule has 0 radical (unpaired) electrons. The maximum Gasteiger partial charge on any atom is 0.239 e. The lowest BCUT2D eigenvalue weighted by atomic mass is 10.2.